The Kier molecular flexibility index (Phi) is 6.32. The Morgan fingerprint density at radius 1 is 1.00 bits per heavy atom. The van der Waals surface area contributed by atoms with Gasteiger partial charge in [-0.15, -0.1) is 0 Å². The van der Waals surface area contributed by atoms with E-state index in [1.807, 2.05) is 62.4 Å². The molecule has 2 aromatic carbocycles. The molecule has 1 N–H and O–H groups in total. The number of carbonyl (C=O) groups is 2. The number of likely N-dealkylation sites (tertiary alicyclic amines) is 1. The van der Waals surface area contributed by atoms with Crippen molar-refractivity contribution in [3.63, 3.8) is 0 Å². The van der Waals surface area contributed by atoms with Crippen LogP contribution in [0.1, 0.15) is 34.6 Å². The fraction of sp³-hybridized carbons (Fsp3) is 0.250. The van der Waals surface area contributed by atoms with E-state index in [1.165, 1.54) is 11.8 Å². The van der Waals surface area contributed by atoms with Gasteiger partial charge in [0.2, 0.25) is 5.91 Å². The lowest BCUT2D eigenvalue weighted by atomic mass is 10.1. The first kappa shape index (κ1) is 21.1. The minimum atomic E-state index is -0.453. The van der Waals surface area contributed by atoms with Gasteiger partial charge >= 0.3 is 0 Å². The van der Waals surface area contributed by atoms with Gasteiger partial charge in [0.05, 0.1) is 0 Å². The summed E-state index contributed by atoms with van der Waals surface area (Å²) < 4.78 is 0. The number of aromatic nitrogens is 2. The van der Waals surface area contributed by atoms with Crippen LogP contribution in [-0.4, -0.2) is 39.3 Å². The summed E-state index contributed by atoms with van der Waals surface area (Å²) in [6, 6.07) is 18.2. The van der Waals surface area contributed by atoms with Crippen LogP contribution in [0, 0.1) is 13.8 Å². The van der Waals surface area contributed by atoms with E-state index in [9.17, 15) is 9.59 Å². The maximum absolute atomic E-state index is 12.9. The number of hydrogen-bond acceptors (Lipinski definition) is 5. The third kappa shape index (κ3) is 5.11. The third-order valence-electron chi connectivity index (χ3n) is 5.13. The molecule has 1 aliphatic rings. The molecule has 0 saturated carbocycles. The summed E-state index contributed by atoms with van der Waals surface area (Å²) in [5.41, 5.74) is 3.18. The van der Waals surface area contributed by atoms with Crippen molar-refractivity contribution in [2.75, 3.05) is 11.9 Å². The van der Waals surface area contributed by atoms with Crippen molar-refractivity contribution >= 4 is 29.3 Å². The molecule has 0 aliphatic carbocycles. The van der Waals surface area contributed by atoms with Crippen LogP contribution < -0.4 is 5.32 Å². The molecule has 6 nitrogen and oxygen atoms in total. The third-order valence-corrected chi connectivity index (χ3v) is 6.00. The minimum Gasteiger partial charge on any atom is -0.327 e. The lowest BCUT2D eigenvalue weighted by Gasteiger charge is -2.24. The largest absolute Gasteiger partial charge is 0.327 e. The fourth-order valence-electron chi connectivity index (χ4n) is 3.71. The van der Waals surface area contributed by atoms with Crippen LogP contribution >= 0.6 is 11.8 Å². The SMILES string of the molecule is Cc1cc(C)nc(Sc2ccc(NC(=O)C3CCCN3C(=O)c3ccccc3)cc2)n1. The highest BCUT2D eigenvalue weighted by Gasteiger charge is 2.34. The molecular formula is C24H24N4O2S. The van der Waals surface area contributed by atoms with Crippen molar-refractivity contribution in [3.8, 4) is 0 Å². The summed E-state index contributed by atoms with van der Waals surface area (Å²) in [6.45, 7) is 4.50. The van der Waals surface area contributed by atoms with Gasteiger partial charge in [0.15, 0.2) is 5.16 Å². The van der Waals surface area contributed by atoms with E-state index in [4.69, 9.17) is 0 Å². The standard InChI is InChI=1S/C24H24N4O2S/c1-16-15-17(2)26-24(25-16)31-20-12-10-19(11-13-20)27-22(29)21-9-6-14-28(21)23(30)18-7-4-3-5-8-18/h3-5,7-8,10-13,15,21H,6,9,14H2,1-2H3,(H,27,29). The second-order valence-corrected chi connectivity index (χ2v) is 8.61. The highest BCUT2D eigenvalue weighted by molar-refractivity contribution is 7.99. The monoisotopic (exact) mass is 432 g/mol. The molecule has 31 heavy (non-hydrogen) atoms. The maximum Gasteiger partial charge on any atom is 0.254 e. The molecule has 158 valence electrons. The highest BCUT2D eigenvalue weighted by atomic mass is 32.2. The highest BCUT2D eigenvalue weighted by Crippen LogP contribution is 2.27. The molecule has 4 rings (SSSR count). The summed E-state index contributed by atoms with van der Waals surface area (Å²) in [5, 5.41) is 3.66. The number of hydrogen-bond donors (Lipinski definition) is 1. The van der Waals surface area contributed by atoms with Gasteiger partial charge in [-0.25, -0.2) is 9.97 Å². The first-order valence-corrected chi connectivity index (χ1v) is 11.1. The molecular weight excluding hydrogens is 408 g/mol. The molecule has 1 unspecified atom stereocenters. The maximum atomic E-state index is 12.9. The van der Waals surface area contributed by atoms with E-state index in [-0.39, 0.29) is 11.8 Å². The predicted molar refractivity (Wildman–Crippen MR) is 121 cm³/mol. The number of nitrogens with one attached hydrogen (secondary N) is 1. The Balaban J connectivity index is 1.40. The van der Waals surface area contributed by atoms with Gasteiger partial charge in [-0.2, -0.15) is 0 Å². The average Bonchev–Trinajstić information content (AvgIpc) is 3.25. The predicted octanol–water partition coefficient (Wildman–Crippen LogP) is 4.49. The molecule has 3 aromatic rings. The molecule has 7 heteroatoms. The van der Waals surface area contributed by atoms with Crippen LogP contribution in [0.2, 0.25) is 0 Å². The molecule has 2 heterocycles. The van der Waals surface area contributed by atoms with Gasteiger partial charge in [0.25, 0.3) is 5.91 Å². The number of benzene rings is 2. The smallest absolute Gasteiger partial charge is 0.254 e. The van der Waals surface area contributed by atoms with Crippen molar-refractivity contribution < 1.29 is 9.59 Å². The Hall–Kier alpha value is -3.19. The fourth-order valence-corrected chi connectivity index (χ4v) is 4.57. The molecule has 2 amide bonds. The van der Waals surface area contributed by atoms with Gasteiger partial charge in [0, 0.05) is 34.1 Å². The van der Waals surface area contributed by atoms with Gasteiger partial charge in [-0.3, -0.25) is 9.59 Å². The van der Waals surface area contributed by atoms with Crippen molar-refractivity contribution in [1.82, 2.24) is 14.9 Å². The Morgan fingerprint density at radius 3 is 2.35 bits per heavy atom. The second kappa shape index (κ2) is 9.31. The normalized spacial score (nSPS) is 15.7. The van der Waals surface area contributed by atoms with E-state index < -0.39 is 6.04 Å². The summed E-state index contributed by atoms with van der Waals surface area (Å²) in [5.74, 6) is -0.252. The molecule has 1 aliphatic heterocycles. The summed E-state index contributed by atoms with van der Waals surface area (Å²) >= 11 is 1.48. The zero-order chi connectivity index (χ0) is 21.8. The molecule has 0 bridgehead atoms. The minimum absolute atomic E-state index is 0.0987. The Morgan fingerprint density at radius 2 is 1.68 bits per heavy atom. The lowest BCUT2D eigenvalue weighted by molar-refractivity contribution is -0.119. The number of aryl methyl sites for hydroxylation is 2. The molecule has 1 atom stereocenters. The number of nitrogens with zero attached hydrogens (tertiary/aromatic N) is 3. The summed E-state index contributed by atoms with van der Waals surface area (Å²) in [7, 11) is 0. The lowest BCUT2D eigenvalue weighted by Crippen LogP contribution is -2.43. The zero-order valence-corrected chi connectivity index (χ0v) is 18.4. The summed E-state index contributed by atoms with van der Waals surface area (Å²) in [4.78, 5) is 37.3. The molecule has 0 spiro atoms. The number of carbonyl (C=O) groups excluding carboxylic acids is 2. The van der Waals surface area contributed by atoms with E-state index in [0.717, 1.165) is 22.7 Å². The van der Waals surface area contributed by atoms with Crippen LogP contribution in [-0.2, 0) is 4.79 Å². The van der Waals surface area contributed by atoms with Crippen molar-refractivity contribution in [3.05, 3.63) is 77.6 Å². The first-order valence-electron chi connectivity index (χ1n) is 10.3. The van der Waals surface area contributed by atoms with Gasteiger partial charge < -0.3 is 10.2 Å². The van der Waals surface area contributed by atoms with E-state index in [0.29, 0.717) is 29.4 Å². The zero-order valence-electron chi connectivity index (χ0n) is 17.5. The van der Waals surface area contributed by atoms with Gasteiger partial charge in [0.1, 0.15) is 6.04 Å². The molecule has 1 fully saturated rings. The Labute approximate surface area is 186 Å². The number of anilines is 1. The van der Waals surface area contributed by atoms with Crippen molar-refractivity contribution in [2.45, 2.75) is 42.8 Å². The molecule has 1 saturated heterocycles. The average molecular weight is 433 g/mol. The van der Waals surface area contributed by atoms with Crippen molar-refractivity contribution in [2.24, 2.45) is 0 Å². The molecule has 0 radical (unpaired) electrons. The topological polar surface area (TPSA) is 75.2 Å². The number of rotatable bonds is 5. The van der Waals surface area contributed by atoms with Crippen LogP contribution in [0.4, 0.5) is 5.69 Å². The quantitative estimate of drug-likeness (QED) is 0.602. The van der Waals surface area contributed by atoms with Crippen LogP contribution in [0.25, 0.3) is 0 Å². The van der Waals surface area contributed by atoms with E-state index in [2.05, 4.69) is 15.3 Å². The Bertz CT molecular complexity index is 1070. The first-order chi connectivity index (χ1) is 15.0. The van der Waals surface area contributed by atoms with E-state index in [1.54, 1.807) is 17.0 Å². The van der Waals surface area contributed by atoms with Crippen LogP contribution in [0.3, 0.4) is 0 Å². The second-order valence-electron chi connectivity index (χ2n) is 7.57. The molecule has 1 aromatic heterocycles. The number of amides is 2. The van der Waals surface area contributed by atoms with Crippen LogP contribution in [0.5, 0.6) is 0 Å². The van der Waals surface area contributed by atoms with Crippen molar-refractivity contribution in [1.29, 1.82) is 0 Å². The van der Waals surface area contributed by atoms with Crippen LogP contribution in [0.15, 0.2) is 70.7 Å². The van der Waals surface area contributed by atoms with E-state index >= 15 is 0 Å². The summed E-state index contributed by atoms with van der Waals surface area (Å²) in [6.07, 6.45) is 1.49. The van der Waals surface area contributed by atoms with Gasteiger partial charge in [-0.05, 0) is 80.9 Å². The van der Waals surface area contributed by atoms with Gasteiger partial charge in [-0.1, -0.05) is 18.2 Å².